The average molecular weight is 594 g/mol. The van der Waals surface area contributed by atoms with Crippen molar-refractivity contribution in [2.45, 2.75) is 84.0 Å². The van der Waals surface area contributed by atoms with E-state index in [-0.39, 0.29) is 36.1 Å². The van der Waals surface area contributed by atoms with Gasteiger partial charge in [-0.2, -0.15) is 0 Å². The predicted octanol–water partition coefficient (Wildman–Crippen LogP) is 6.63. The van der Waals surface area contributed by atoms with Gasteiger partial charge in [-0.3, -0.25) is 4.79 Å². The van der Waals surface area contributed by atoms with E-state index in [9.17, 15) is 23.5 Å². The number of hydrogen-bond donors (Lipinski definition) is 2. The molecule has 2 N–H and O–H groups in total. The summed E-state index contributed by atoms with van der Waals surface area (Å²) in [6, 6.07) is 6.43. The summed E-state index contributed by atoms with van der Waals surface area (Å²) < 4.78 is 44.2. The van der Waals surface area contributed by atoms with Crippen molar-refractivity contribution in [1.82, 2.24) is 5.32 Å². The van der Waals surface area contributed by atoms with E-state index in [1.54, 1.807) is 26.0 Å². The molecule has 0 aliphatic carbocycles. The van der Waals surface area contributed by atoms with Crippen LogP contribution in [0, 0.1) is 11.6 Å². The molecule has 2 aromatic carbocycles. The van der Waals surface area contributed by atoms with Gasteiger partial charge in [0.05, 0.1) is 12.7 Å². The highest BCUT2D eigenvalue weighted by Gasteiger charge is 2.25. The van der Waals surface area contributed by atoms with Gasteiger partial charge in [0, 0.05) is 36.2 Å². The molecule has 0 fully saturated rings. The molecule has 41 heavy (non-hydrogen) atoms. The van der Waals surface area contributed by atoms with Gasteiger partial charge in [-0.25, -0.2) is 13.6 Å². The van der Waals surface area contributed by atoms with Crippen LogP contribution in [0.4, 0.5) is 8.78 Å². The fraction of sp³-hybridized carbons (Fsp3) is 0.484. The van der Waals surface area contributed by atoms with Crippen molar-refractivity contribution in [1.29, 1.82) is 0 Å². The molecular weight excluding hydrogens is 556 g/mol. The Balaban J connectivity index is 1.79. The van der Waals surface area contributed by atoms with Crippen molar-refractivity contribution in [3.8, 4) is 5.75 Å². The second-order valence-electron chi connectivity index (χ2n) is 10.9. The Bertz CT molecular complexity index is 1330. The Morgan fingerprint density at radius 1 is 1.07 bits per heavy atom. The fourth-order valence-electron chi connectivity index (χ4n) is 4.63. The maximum atomic E-state index is 13.6. The fourth-order valence-corrected chi connectivity index (χ4v) is 4.76. The smallest absolute Gasteiger partial charge is 0.342 e. The van der Waals surface area contributed by atoms with Crippen molar-refractivity contribution in [2.75, 3.05) is 13.0 Å². The van der Waals surface area contributed by atoms with Crippen LogP contribution < -0.4 is 10.1 Å². The zero-order chi connectivity index (χ0) is 30.2. The lowest BCUT2D eigenvalue weighted by molar-refractivity contribution is -0.121. The number of carbonyl (C=O) groups excluding carboxylic acids is 2. The molecule has 1 heterocycles. The SMILES string of the molecule is COc1cc(CCC(=O)NC(C)CCCC(C)(C)O)cc2c(C(=O)OCc3cc(F)cc(F)c3)c(CCCCl)oc12. The van der Waals surface area contributed by atoms with Gasteiger partial charge in [0.15, 0.2) is 11.3 Å². The third-order valence-electron chi connectivity index (χ3n) is 6.62. The first-order valence-corrected chi connectivity index (χ1v) is 14.3. The predicted molar refractivity (Wildman–Crippen MR) is 153 cm³/mol. The highest BCUT2D eigenvalue weighted by molar-refractivity contribution is 6.17. The molecule has 0 bridgehead atoms. The van der Waals surface area contributed by atoms with Crippen LogP contribution in [0.3, 0.4) is 0 Å². The number of esters is 1. The molecule has 1 amide bonds. The van der Waals surface area contributed by atoms with Crippen LogP contribution in [0.1, 0.15) is 80.1 Å². The molecule has 0 radical (unpaired) electrons. The summed E-state index contributed by atoms with van der Waals surface area (Å²) in [7, 11) is 1.48. The Morgan fingerprint density at radius 2 is 1.78 bits per heavy atom. The summed E-state index contributed by atoms with van der Waals surface area (Å²) in [5, 5.41) is 13.3. The van der Waals surface area contributed by atoms with Crippen LogP contribution >= 0.6 is 11.6 Å². The topological polar surface area (TPSA) is 98.0 Å². The van der Waals surface area contributed by atoms with E-state index >= 15 is 0 Å². The van der Waals surface area contributed by atoms with Crippen molar-refractivity contribution >= 4 is 34.4 Å². The molecule has 3 rings (SSSR count). The minimum atomic E-state index is -0.769. The Hall–Kier alpha value is -3.17. The summed E-state index contributed by atoms with van der Waals surface area (Å²) >= 11 is 5.89. The lowest BCUT2D eigenvalue weighted by atomic mass is 9.99. The standard InChI is InChI=1S/C31H38ClF2NO6/c1-19(7-5-11-31(2,3)38)35-27(36)10-9-20-15-24-28(25(8-6-12-32)41-29(24)26(16-20)39-4)30(37)40-18-21-13-22(33)17-23(34)14-21/h13-17,19,38H,5-12,18H2,1-4H3,(H,35,36). The van der Waals surface area contributed by atoms with E-state index in [1.165, 1.54) is 7.11 Å². The molecule has 7 nitrogen and oxygen atoms in total. The van der Waals surface area contributed by atoms with E-state index in [0.29, 0.717) is 54.0 Å². The summed E-state index contributed by atoms with van der Waals surface area (Å²) in [5.41, 5.74) is 0.734. The van der Waals surface area contributed by atoms with Crippen LogP contribution in [-0.2, 0) is 29.0 Å². The lowest BCUT2D eigenvalue weighted by Crippen LogP contribution is -2.33. The molecule has 1 aromatic heterocycles. The number of furan rings is 1. The molecule has 10 heteroatoms. The second kappa shape index (κ2) is 14.6. The minimum Gasteiger partial charge on any atom is -0.493 e. The Morgan fingerprint density at radius 3 is 2.41 bits per heavy atom. The molecule has 0 saturated heterocycles. The molecule has 0 saturated carbocycles. The highest BCUT2D eigenvalue weighted by Crippen LogP contribution is 2.36. The maximum absolute atomic E-state index is 13.6. The van der Waals surface area contributed by atoms with Crippen molar-refractivity contribution in [3.63, 3.8) is 0 Å². The number of halogens is 3. The first-order valence-electron chi connectivity index (χ1n) is 13.7. The van der Waals surface area contributed by atoms with Crippen LogP contribution in [0.5, 0.6) is 5.75 Å². The average Bonchev–Trinajstić information content (AvgIpc) is 3.25. The van der Waals surface area contributed by atoms with E-state index < -0.39 is 23.2 Å². The Kier molecular flexibility index (Phi) is 11.5. The van der Waals surface area contributed by atoms with Gasteiger partial charge in [-0.15, -0.1) is 11.6 Å². The van der Waals surface area contributed by atoms with Crippen LogP contribution in [0.25, 0.3) is 11.0 Å². The molecule has 0 aliphatic rings. The van der Waals surface area contributed by atoms with Gasteiger partial charge in [-0.05, 0) is 88.3 Å². The number of alkyl halides is 1. The summed E-state index contributed by atoms with van der Waals surface area (Å²) in [5.74, 6) is -1.25. The van der Waals surface area contributed by atoms with Gasteiger partial charge in [-0.1, -0.05) is 0 Å². The van der Waals surface area contributed by atoms with Gasteiger partial charge in [0.25, 0.3) is 0 Å². The zero-order valence-corrected chi connectivity index (χ0v) is 24.7. The monoisotopic (exact) mass is 593 g/mol. The van der Waals surface area contributed by atoms with E-state index in [4.69, 9.17) is 25.5 Å². The highest BCUT2D eigenvalue weighted by atomic mass is 35.5. The number of benzene rings is 2. The number of amides is 1. The first kappa shape index (κ1) is 32.3. The molecule has 3 aromatic rings. The van der Waals surface area contributed by atoms with Gasteiger partial charge in [0.1, 0.15) is 29.6 Å². The minimum absolute atomic E-state index is 0.0341. The molecule has 1 atom stereocenters. The number of carbonyl (C=O) groups is 2. The lowest BCUT2D eigenvalue weighted by Gasteiger charge is -2.19. The van der Waals surface area contributed by atoms with Crippen LogP contribution in [0.15, 0.2) is 34.7 Å². The van der Waals surface area contributed by atoms with Crippen molar-refractivity contribution in [2.24, 2.45) is 0 Å². The number of aliphatic hydroxyl groups is 1. The van der Waals surface area contributed by atoms with Crippen LogP contribution in [0.2, 0.25) is 0 Å². The second-order valence-corrected chi connectivity index (χ2v) is 11.3. The number of fused-ring (bicyclic) bond motifs is 1. The summed E-state index contributed by atoms with van der Waals surface area (Å²) in [4.78, 5) is 25.9. The molecular formula is C31H38ClF2NO6. The normalized spacial score (nSPS) is 12.4. The zero-order valence-electron chi connectivity index (χ0n) is 24.0. The van der Waals surface area contributed by atoms with E-state index in [1.807, 2.05) is 6.92 Å². The third kappa shape index (κ3) is 9.71. The van der Waals surface area contributed by atoms with Crippen LogP contribution in [-0.4, -0.2) is 41.6 Å². The van der Waals surface area contributed by atoms with E-state index in [2.05, 4.69) is 5.32 Å². The first-order chi connectivity index (χ1) is 19.4. The number of rotatable bonds is 15. The quantitative estimate of drug-likeness (QED) is 0.152. The van der Waals surface area contributed by atoms with Crippen molar-refractivity contribution < 1.29 is 37.4 Å². The van der Waals surface area contributed by atoms with Gasteiger partial charge in [0.2, 0.25) is 5.91 Å². The third-order valence-corrected chi connectivity index (χ3v) is 6.88. The molecule has 0 spiro atoms. The molecule has 1 unspecified atom stereocenters. The number of ether oxygens (including phenoxy) is 2. The molecule has 0 aliphatic heterocycles. The van der Waals surface area contributed by atoms with Gasteiger partial charge < -0.3 is 24.3 Å². The number of methoxy groups -OCH3 is 1. The number of aryl methyl sites for hydroxylation is 2. The molecule has 224 valence electrons. The number of hydrogen-bond acceptors (Lipinski definition) is 6. The summed E-state index contributed by atoms with van der Waals surface area (Å²) in [6.07, 6.45) is 3.69. The largest absolute Gasteiger partial charge is 0.493 e. The van der Waals surface area contributed by atoms with Crippen molar-refractivity contribution in [3.05, 3.63) is 64.4 Å². The summed E-state index contributed by atoms with van der Waals surface area (Å²) in [6.45, 7) is 5.12. The maximum Gasteiger partial charge on any atom is 0.342 e. The Labute approximate surface area is 244 Å². The van der Waals surface area contributed by atoms with Gasteiger partial charge >= 0.3 is 5.97 Å². The number of nitrogens with one attached hydrogen (secondary N) is 1. The van der Waals surface area contributed by atoms with E-state index in [0.717, 1.165) is 36.6 Å².